The fraction of sp³-hybridized carbons (Fsp3) is 0.579. The van der Waals surface area contributed by atoms with Gasteiger partial charge >= 0.3 is 0 Å². The van der Waals surface area contributed by atoms with Crippen LogP contribution in [0.4, 0.5) is 0 Å². The summed E-state index contributed by atoms with van der Waals surface area (Å²) in [6.45, 7) is 4.05. The average molecular weight is 346 g/mol. The normalized spacial score (nSPS) is 14.2. The minimum Gasteiger partial charge on any atom is -0.493 e. The van der Waals surface area contributed by atoms with Crippen molar-refractivity contribution in [1.82, 2.24) is 15.5 Å². The number of carbonyl (C=O) groups excluding carboxylic acids is 1. The zero-order valence-electron chi connectivity index (χ0n) is 15.8. The van der Waals surface area contributed by atoms with Crippen LogP contribution < -0.4 is 15.4 Å². The molecule has 6 heteroatoms. The summed E-state index contributed by atoms with van der Waals surface area (Å²) in [7, 11) is 5.24. The SMILES string of the molecule is CN=C(NCCC(=O)N(C)C)NCc1ccc(C)cc1OCC1CC1. The Balaban J connectivity index is 1.84. The van der Waals surface area contributed by atoms with Gasteiger partial charge in [0, 0.05) is 46.2 Å². The third-order valence-corrected chi connectivity index (χ3v) is 4.19. The summed E-state index contributed by atoms with van der Waals surface area (Å²) in [5.74, 6) is 2.44. The summed E-state index contributed by atoms with van der Waals surface area (Å²) in [6, 6.07) is 6.27. The van der Waals surface area contributed by atoms with Crippen LogP contribution in [0, 0.1) is 12.8 Å². The van der Waals surface area contributed by atoms with E-state index >= 15 is 0 Å². The largest absolute Gasteiger partial charge is 0.493 e. The summed E-state index contributed by atoms with van der Waals surface area (Å²) in [5, 5.41) is 6.45. The first kappa shape index (κ1) is 19.1. The van der Waals surface area contributed by atoms with Gasteiger partial charge < -0.3 is 20.3 Å². The van der Waals surface area contributed by atoms with Gasteiger partial charge in [-0.05, 0) is 37.3 Å². The summed E-state index contributed by atoms with van der Waals surface area (Å²) >= 11 is 0. The van der Waals surface area contributed by atoms with Crippen molar-refractivity contribution in [1.29, 1.82) is 0 Å². The zero-order valence-corrected chi connectivity index (χ0v) is 15.8. The molecule has 0 spiro atoms. The maximum atomic E-state index is 11.6. The Morgan fingerprint density at radius 1 is 1.32 bits per heavy atom. The van der Waals surface area contributed by atoms with Crippen LogP contribution in [0.25, 0.3) is 0 Å². The minimum absolute atomic E-state index is 0.0947. The van der Waals surface area contributed by atoms with Crippen molar-refractivity contribution < 1.29 is 9.53 Å². The lowest BCUT2D eigenvalue weighted by Gasteiger charge is -2.16. The fourth-order valence-corrected chi connectivity index (χ4v) is 2.35. The molecule has 0 saturated heterocycles. The fourth-order valence-electron chi connectivity index (χ4n) is 2.35. The lowest BCUT2D eigenvalue weighted by molar-refractivity contribution is -0.128. The van der Waals surface area contributed by atoms with Crippen molar-refractivity contribution in [3.05, 3.63) is 29.3 Å². The quantitative estimate of drug-likeness (QED) is 0.558. The van der Waals surface area contributed by atoms with Gasteiger partial charge in [-0.25, -0.2) is 0 Å². The van der Waals surface area contributed by atoms with Gasteiger partial charge in [-0.3, -0.25) is 9.79 Å². The molecule has 1 aromatic rings. The van der Waals surface area contributed by atoms with E-state index in [1.54, 1.807) is 26.0 Å². The van der Waals surface area contributed by atoms with Crippen LogP contribution in [-0.2, 0) is 11.3 Å². The highest BCUT2D eigenvalue weighted by Gasteiger charge is 2.22. The molecule has 2 rings (SSSR count). The first-order valence-electron chi connectivity index (χ1n) is 8.86. The van der Waals surface area contributed by atoms with Gasteiger partial charge in [0.1, 0.15) is 5.75 Å². The van der Waals surface area contributed by atoms with E-state index in [2.05, 4.69) is 40.7 Å². The molecule has 0 atom stereocenters. The van der Waals surface area contributed by atoms with Crippen LogP contribution in [0.3, 0.4) is 0 Å². The molecule has 6 nitrogen and oxygen atoms in total. The van der Waals surface area contributed by atoms with E-state index in [1.807, 2.05) is 0 Å². The van der Waals surface area contributed by atoms with Crippen LogP contribution in [0.15, 0.2) is 23.2 Å². The Labute approximate surface area is 150 Å². The molecule has 1 aliphatic carbocycles. The van der Waals surface area contributed by atoms with Crippen LogP contribution in [0.5, 0.6) is 5.75 Å². The lowest BCUT2D eigenvalue weighted by Crippen LogP contribution is -2.38. The molecule has 1 fully saturated rings. The van der Waals surface area contributed by atoms with Gasteiger partial charge in [0.2, 0.25) is 5.91 Å². The van der Waals surface area contributed by atoms with E-state index in [0.29, 0.717) is 25.5 Å². The molecule has 138 valence electrons. The topological polar surface area (TPSA) is 66.0 Å². The van der Waals surface area contributed by atoms with Gasteiger partial charge in [-0.2, -0.15) is 0 Å². The molecule has 1 aromatic carbocycles. The monoisotopic (exact) mass is 346 g/mol. The number of rotatable bonds is 8. The van der Waals surface area contributed by atoms with E-state index < -0.39 is 0 Å². The van der Waals surface area contributed by atoms with Crippen molar-refractivity contribution in [3.63, 3.8) is 0 Å². The molecule has 0 unspecified atom stereocenters. The Morgan fingerprint density at radius 3 is 2.72 bits per heavy atom. The van der Waals surface area contributed by atoms with Gasteiger partial charge in [0.25, 0.3) is 0 Å². The summed E-state index contributed by atoms with van der Waals surface area (Å²) in [6.07, 6.45) is 3.00. The number of guanidine groups is 1. The Bertz CT molecular complexity index is 609. The number of carbonyl (C=O) groups is 1. The van der Waals surface area contributed by atoms with Crippen LogP contribution in [0.2, 0.25) is 0 Å². The Kier molecular flexibility index (Phi) is 7.10. The molecule has 0 heterocycles. The summed E-state index contributed by atoms with van der Waals surface area (Å²) in [4.78, 5) is 17.4. The number of nitrogens with one attached hydrogen (secondary N) is 2. The predicted octanol–water partition coefficient (Wildman–Crippen LogP) is 1.93. The number of hydrogen-bond acceptors (Lipinski definition) is 3. The van der Waals surface area contributed by atoms with E-state index in [4.69, 9.17) is 4.74 Å². The molecule has 25 heavy (non-hydrogen) atoms. The molecule has 0 radical (unpaired) electrons. The summed E-state index contributed by atoms with van der Waals surface area (Å²) in [5.41, 5.74) is 2.30. The molecule has 0 bridgehead atoms. The molecule has 0 aromatic heterocycles. The molecule has 0 aliphatic heterocycles. The first-order chi connectivity index (χ1) is 12.0. The Hall–Kier alpha value is -2.24. The van der Waals surface area contributed by atoms with Crippen molar-refractivity contribution in [2.75, 3.05) is 34.3 Å². The number of hydrogen-bond donors (Lipinski definition) is 2. The van der Waals surface area contributed by atoms with Crippen LogP contribution >= 0.6 is 0 Å². The maximum absolute atomic E-state index is 11.6. The van der Waals surface area contributed by atoms with Gasteiger partial charge in [0.05, 0.1) is 6.61 Å². The molecule has 1 aliphatic rings. The van der Waals surface area contributed by atoms with Crippen molar-refractivity contribution >= 4 is 11.9 Å². The third-order valence-electron chi connectivity index (χ3n) is 4.19. The van der Waals surface area contributed by atoms with E-state index in [0.717, 1.165) is 23.8 Å². The van der Waals surface area contributed by atoms with Crippen LogP contribution in [0.1, 0.15) is 30.4 Å². The minimum atomic E-state index is 0.0947. The van der Waals surface area contributed by atoms with E-state index in [9.17, 15) is 4.79 Å². The first-order valence-corrected chi connectivity index (χ1v) is 8.86. The number of aliphatic imine (C=N–C) groups is 1. The molecular weight excluding hydrogens is 316 g/mol. The van der Waals surface area contributed by atoms with Gasteiger partial charge in [-0.1, -0.05) is 12.1 Å². The third kappa shape index (κ3) is 6.64. The van der Waals surface area contributed by atoms with Crippen LogP contribution in [-0.4, -0.2) is 51.1 Å². The predicted molar refractivity (Wildman–Crippen MR) is 101 cm³/mol. The highest BCUT2D eigenvalue weighted by molar-refractivity contribution is 5.81. The number of amides is 1. The standard InChI is InChI=1S/C19H30N4O2/c1-14-5-8-16(17(11-14)25-13-15-6-7-15)12-22-19(20-2)21-10-9-18(24)23(3)4/h5,8,11,15H,6-7,9-10,12-13H2,1-4H3,(H2,20,21,22). The van der Waals surface area contributed by atoms with Gasteiger partial charge in [0.15, 0.2) is 5.96 Å². The maximum Gasteiger partial charge on any atom is 0.223 e. The smallest absolute Gasteiger partial charge is 0.223 e. The summed E-state index contributed by atoms with van der Waals surface area (Å²) < 4.78 is 6.00. The highest BCUT2D eigenvalue weighted by atomic mass is 16.5. The molecule has 1 amide bonds. The zero-order chi connectivity index (χ0) is 18.2. The Morgan fingerprint density at radius 2 is 2.08 bits per heavy atom. The molecule has 2 N–H and O–H groups in total. The highest BCUT2D eigenvalue weighted by Crippen LogP contribution is 2.30. The number of nitrogens with zero attached hydrogens (tertiary/aromatic N) is 2. The number of ether oxygens (including phenoxy) is 1. The average Bonchev–Trinajstić information content (AvgIpc) is 3.41. The van der Waals surface area contributed by atoms with Crippen molar-refractivity contribution in [2.24, 2.45) is 10.9 Å². The second kappa shape index (κ2) is 9.30. The molecule has 1 saturated carbocycles. The number of benzene rings is 1. The van der Waals surface area contributed by atoms with Gasteiger partial charge in [-0.15, -0.1) is 0 Å². The van der Waals surface area contributed by atoms with E-state index in [1.165, 1.54) is 18.4 Å². The second-order valence-corrected chi connectivity index (χ2v) is 6.76. The number of aryl methyl sites for hydroxylation is 1. The van der Waals surface area contributed by atoms with E-state index in [-0.39, 0.29) is 5.91 Å². The molecular formula is C19H30N4O2. The lowest BCUT2D eigenvalue weighted by atomic mass is 10.1. The van der Waals surface area contributed by atoms with Crippen molar-refractivity contribution in [3.8, 4) is 5.75 Å². The second-order valence-electron chi connectivity index (χ2n) is 6.76. The van der Waals surface area contributed by atoms with Crippen molar-refractivity contribution in [2.45, 2.75) is 32.7 Å².